The molecule has 8 nitrogen and oxygen atoms in total. The summed E-state index contributed by atoms with van der Waals surface area (Å²) in [6.07, 6.45) is 4.83. The molecule has 0 atom stereocenters. The lowest BCUT2D eigenvalue weighted by Crippen LogP contribution is -2.37. The van der Waals surface area contributed by atoms with Crippen molar-refractivity contribution in [2.45, 2.75) is 6.92 Å². The number of hydrogen-bond acceptors (Lipinski definition) is 8. The Morgan fingerprint density at radius 2 is 1.97 bits per heavy atom. The van der Waals surface area contributed by atoms with Gasteiger partial charge in [0.25, 0.3) is 0 Å². The minimum atomic E-state index is -0.430. The Morgan fingerprint density at radius 1 is 1.19 bits per heavy atom. The van der Waals surface area contributed by atoms with Crippen LogP contribution in [0.1, 0.15) is 17.3 Å². The van der Waals surface area contributed by atoms with Crippen molar-refractivity contribution in [2.24, 2.45) is 0 Å². The summed E-state index contributed by atoms with van der Waals surface area (Å²) in [5.41, 5.74) is 2.49. The van der Waals surface area contributed by atoms with Crippen LogP contribution in [0, 0.1) is 5.82 Å². The minimum absolute atomic E-state index is 0.287. The highest BCUT2D eigenvalue weighted by molar-refractivity contribution is 5.91. The zero-order chi connectivity index (χ0) is 21.6. The number of halogens is 1. The fourth-order valence-electron chi connectivity index (χ4n) is 3.23. The monoisotopic (exact) mass is 423 g/mol. The van der Waals surface area contributed by atoms with Crippen molar-refractivity contribution in [3.63, 3.8) is 0 Å². The SMILES string of the molecule is CCOC(=O)c1cncc(-c2cnc(Nc3ccc(F)cc3)nc2N2CCOCC2)c1. The van der Waals surface area contributed by atoms with Crippen molar-refractivity contribution in [1.29, 1.82) is 0 Å². The van der Waals surface area contributed by atoms with E-state index in [0.29, 0.717) is 54.9 Å². The van der Waals surface area contributed by atoms with Gasteiger partial charge in [-0.15, -0.1) is 0 Å². The lowest BCUT2D eigenvalue weighted by molar-refractivity contribution is 0.0526. The van der Waals surface area contributed by atoms with Gasteiger partial charge in [-0.05, 0) is 37.3 Å². The van der Waals surface area contributed by atoms with Crippen LogP contribution in [0.2, 0.25) is 0 Å². The minimum Gasteiger partial charge on any atom is -0.462 e. The number of carbonyl (C=O) groups is 1. The van der Waals surface area contributed by atoms with E-state index < -0.39 is 5.97 Å². The Kier molecular flexibility index (Phi) is 6.32. The topological polar surface area (TPSA) is 89.5 Å². The average Bonchev–Trinajstić information content (AvgIpc) is 2.81. The van der Waals surface area contributed by atoms with Gasteiger partial charge in [-0.25, -0.2) is 14.2 Å². The first-order chi connectivity index (χ1) is 15.1. The van der Waals surface area contributed by atoms with Crippen LogP contribution in [-0.4, -0.2) is 53.8 Å². The summed E-state index contributed by atoms with van der Waals surface area (Å²) in [5.74, 6) is 0.335. The Morgan fingerprint density at radius 3 is 2.71 bits per heavy atom. The Balaban J connectivity index is 1.70. The van der Waals surface area contributed by atoms with E-state index in [0.717, 1.165) is 5.56 Å². The third-order valence-corrected chi connectivity index (χ3v) is 4.74. The highest BCUT2D eigenvalue weighted by Crippen LogP contribution is 2.31. The molecule has 1 aliphatic rings. The molecule has 160 valence electrons. The van der Waals surface area contributed by atoms with Gasteiger partial charge in [0.1, 0.15) is 11.6 Å². The fourth-order valence-corrected chi connectivity index (χ4v) is 3.23. The zero-order valence-corrected chi connectivity index (χ0v) is 17.0. The average molecular weight is 423 g/mol. The first kappa shape index (κ1) is 20.7. The first-order valence-electron chi connectivity index (χ1n) is 9.99. The lowest BCUT2D eigenvalue weighted by Gasteiger charge is -2.29. The molecule has 31 heavy (non-hydrogen) atoms. The molecule has 1 saturated heterocycles. The third-order valence-electron chi connectivity index (χ3n) is 4.74. The van der Waals surface area contributed by atoms with Crippen molar-refractivity contribution in [1.82, 2.24) is 15.0 Å². The van der Waals surface area contributed by atoms with Gasteiger partial charge >= 0.3 is 5.97 Å². The molecule has 0 amide bonds. The fraction of sp³-hybridized carbons (Fsp3) is 0.273. The third kappa shape index (κ3) is 4.95. The second kappa shape index (κ2) is 9.48. The maximum Gasteiger partial charge on any atom is 0.339 e. The second-order valence-electron chi connectivity index (χ2n) is 6.84. The maximum atomic E-state index is 13.2. The van der Waals surface area contributed by atoms with Gasteiger partial charge in [-0.3, -0.25) is 4.98 Å². The molecule has 3 heterocycles. The smallest absolute Gasteiger partial charge is 0.339 e. The van der Waals surface area contributed by atoms with Crippen molar-refractivity contribution >= 4 is 23.4 Å². The summed E-state index contributed by atoms with van der Waals surface area (Å²) in [5, 5.41) is 3.10. The van der Waals surface area contributed by atoms with E-state index in [2.05, 4.69) is 20.2 Å². The predicted octanol–water partition coefficient (Wildman–Crippen LogP) is 3.43. The van der Waals surface area contributed by atoms with Gasteiger partial charge in [-0.1, -0.05) is 0 Å². The summed E-state index contributed by atoms with van der Waals surface area (Å²) in [7, 11) is 0. The molecule has 0 spiro atoms. The quantitative estimate of drug-likeness (QED) is 0.603. The molecule has 1 aliphatic heterocycles. The van der Waals surface area contributed by atoms with Crippen LogP contribution in [0.5, 0.6) is 0 Å². The van der Waals surface area contributed by atoms with Gasteiger partial charge in [-0.2, -0.15) is 4.98 Å². The van der Waals surface area contributed by atoms with Crippen LogP contribution in [-0.2, 0) is 9.47 Å². The number of anilines is 3. The Bertz CT molecular complexity index is 1060. The highest BCUT2D eigenvalue weighted by atomic mass is 19.1. The molecule has 1 fully saturated rings. The number of nitrogens with zero attached hydrogens (tertiary/aromatic N) is 4. The molecule has 0 aliphatic carbocycles. The molecular weight excluding hydrogens is 401 g/mol. The van der Waals surface area contributed by atoms with Gasteiger partial charge in [0.2, 0.25) is 5.95 Å². The van der Waals surface area contributed by atoms with Gasteiger partial charge in [0, 0.05) is 48.5 Å². The summed E-state index contributed by atoms with van der Waals surface area (Å²) in [4.78, 5) is 27.6. The number of ether oxygens (including phenoxy) is 2. The number of rotatable bonds is 6. The van der Waals surface area contributed by atoms with Crippen LogP contribution in [0.3, 0.4) is 0 Å². The molecular formula is C22H22FN5O3. The number of benzene rings is 1. The summed E-state index contributed by atoms with van der Waals surface area (Å²) >= 11 is 0. The molecule has 4 rings (SSSR count). The molecule has 1 N–H and O–H groups in total. The van der Waals surface area contributed by atoms with E-state index in [1.54, 1.807) is 37.5 Å². The maximum absolute atomic E-state index is 13.2. The van der Waals surface area contributed by atoms with Crippen LogP contribution in [0.25, 0.3) is 11.1 Å². The number of esters is 1. The first-order valence-corrected chi connectivity index (χ1v) is 9.99. The van der Waals surface area contributed by atoms with Crippen molar-refractivity contribution in [3.8, 4) is 11.1 Å². The van der Waals surface area contributed by atoms with E-state index in [-0.39, 0.29) is 12.4 Å². The van der Waals surface area contributed by atoms with Crippen molar-refractivity contribution < 1.29 is 18.7 Å². The molecule has 0 radical (unpaired) electrons. The summed E-state index contributed by atoms with van der Waals surface area (Å²) in [6.45, 7) is 4.56. The highest BCUT2D eigenvalue weighted by Gasteiger charge is 2.20. The van der Waals surface area contributed by atoms with Crippen LogP contribution in [0.15, 0.2) is 48.9 Å². The Labute approximate surface area is 179 Å². The van der Waals surface area contributed by atoms with E-state index in [9.17, 15) is 9.18 Å². The second-order valence-corrected chi connectivity index (χ2v) is 6.84. The number of carbonyl (C=O) groups excluding carboxylic acids is 1. The van der Waals surface area contributed by atoms with Gasteiger partial charge in [0.15, 0.2) is 0 Å². The van der Waals surface area contributed by atoms with Gasteiger partial charge in [0.05, 0.1) is 25.4 Å². The predicted molar refractivity (Wildman–Crippen MR) is 114 cm³/mol. The number of morpholine rings is 1. The van der Waals surface area contributed by atoms with E-state index >= 15 is 0 Å². The van der Waals surface area contributed by atoms with Crippen LogP contribution >= 0.6 is 0 Å². The number of nitrogens with one attached hydrogen (secondary N) is 1. The molecule has 2 aromatic heterocycles. The summed E-state index contributed by atoms with van der Waals surface area (Å²) < 4.78 is 23.8. The van der Waals surface area contributed by atoms with Crippen molar-refractivity contribution in [2.75, 3.05) is 43.1 Å². The molecule has 3 aromatic rings. The number of pyridine rings is 1. The lowest BCUT2D eigenvalue weighted by atomic mass is 10.1. The largest absolute Gasteiger partial charge is 0.462 e. The van der Waals surface area contributed by atoms with Gasteiger partial charge < -0.3 is 19.7 Å². The molecule has 0 bridgehead atoms. The molecule has 0 unspecified atom stereocenters. The normalized spacial score (nSPS) is 13.7. The number of aromatic nitrogens is 3. The molecule has 1 aromatic carbocycles. The molecule has 0 saturated carbocycles. The molecule has 9 heteroatoms. The van der Waals surface area contributed by atoms with E-state index in [4.69, 9.17) is 14.5 Å². The Hall–Kier alpha value is -3.59. The summed E-state index contributed by atoms with van der Waals surface area (Å²) in [6, 6.07) is 7.69. The standard InChI is InChI=1S/C22H22FN5O3/c1-2-31-21(29)16-11-15(12-24-13-16)19-14-25-22(26-18-5-3-17(23)4-6-18)27-20(19)28-7-9-30-10-8-28/h3-6,11-14H,2,7-10H2,1H3,(H,25,26,27). The van der Waals surface area contributed by atoms with E-state index in [1.165, 1.54) is 18.3 Å². The van der Waals surface area contributed by atoms with Crippen LogP contribution in [0.4, 0.5) is 21.8 Å². The zero-order valence-electron chi connectivity index (χ0n) is 17.0. The van der Waals surface area contributed by atoms with Crippen molar-refractivity contribution in [3.05, 3.63) is 60.3 Å². The van der Waals surface area contributed by atoms with E-state index in [1.807, 2.05) is 0 Å². The van der Waals surface area contributed by atoms with Crippen LogP contribution < -0.4 is 10.2 Å². The number of hydrogen-bond donors (Lipinski definition) is 1.